The van der Waals surface area contributed by atoms with Gasteiger partial charge in [-0.1, -0.05) is 24.3 Å². The summed E-state index contributed by atoms with van der Waals surface area (Å²) in [5.74, 6) is 0.209. The van der Waals surface area contributed by atoms with Crippen molar-refractivity contribution in [3.63, 3.8) is 0 Å². The van der Waals surface area contributed by atoms with Crippen molar-refractivity contribution in [2.45, 2.75) is 31.6 Å². The molecule has 1 N–H and O–H groups in total. The van der Waals surface area contributed by atoms with Crippen LogP contribution in [-0.2, 0) is 4.79 Å². The Morgan fingerprint density at radius 3 is 2.34 bits per heavy atom. The number of phenols is 1. The molecule has 5 nitrogen and oxygen atoms in total. The average Bonchev–Trinajstić information content (AvgIpc) is 2.73. The maximum Gasteiger partial charge on any atom is 0.161 e. The number of aromatic hydroxyl groups is 1. The number of carbonyl (C=O) groups is 1. The molecule has 1 aliphatic heterocycles. The van der Waals surface area contributed by atoms with E-state index in [0.29, 0.717) is 18.4 Å². The largest absolute Gasteiger partial charge is 0.508 e. The normalized spacial score (nSPS) is 23.8. The molecule has 146 valence electrons. The van der Waals surface area contributed by atoms with E-state index in [1.54, 1.807) is 31.4 Å². The number of allylic oxidation sites excluding steroid dienone is 2. The maximum atomic E-state index is 13.2. The van der Waals surface area contributed by atoms with E-state index in [9.17, 15) is 15.2 Å². The van der Waals surface area contributed by atoms with Gasteiger partial charge in [0, 0.05) is 29.3 Å². The molecule has 5 heteroatoms. The van der Waals surface area contributed by atoms with E-state index in [1.165, 1.54) is 0 Å². The summed E-state index contributed by atoms with van der Waals surface area (Å²) in [5, 5.41) is 19.4. The Morgan fingerprint density at radius 2 is 1.72 bits per heavy atom. The van der Waals surface area contributed by atoms with Gasteiger partial charge in [0.05, 0.1) is 19.1 Å². The maximum absolute atomic E-state index is 13.2. The molecule has 29 heavy (non-hydrogen) atoms. The van der Waals surface area contributed by atoms with E-state index in [1.807, 2.05) is 31.2 Å². The van der Waals surface area contributed by atoms with Gasteiger partial charge in [-0.05, 0) is 54.7 Å². The third-order valence-electron chi connectivity index (χ3n) is 5.87. The van der Waals surface area contributed by atoms with Gasteiger partial charge < -0.3 is 9.84 Å². The standard InChI is InChI=1S/C24H22N2O3/c1-14-20(13-25)23(16-3-7-18(27)8-4-16)24-21(26-14)11-17(12-22(24)28)15-5-9-19(29-2)10-6-15/h3-10,17,20,23,27H,11-12H2,1-2H3. The zero-order valence-electron chi connectivity index (χ0n) is 16.4. The van der Waals surface area contributed by atoms with Crippen molar-refractivity contribution in [1.29, 1.82) is 5.26 Å². The zero-order chi connectivity index (χ0) is 20.5. The second-order valence-corrected chi connectivity index (χ2v) is 7.59. The van der Waals surface area contributed by atoms with Crippen LogP contribution in [0, 0.1) is 17.2 Å². The molecule has 2 aliphatic rings. The van der Waals surface area contributed by atoms with Gasteiger partial charge >= 0.3 is 0 Å². The van der Waals surface area contributed by atoms with Gasteiger partial charge in [-0.25, -0.2) is 0 Å². The van der Waals surface area contributed by atoms with Crippen LogP contribution in [0.3, 0.4) is 0 Å². The molecule has 0 radical (unpaired) electrons. The first kappa shape index (κ1) is 18.9. The number of ketones is 1. The van der Waals surface area contributed by atoms with Crippen molar-refractivity contribution in [2.24, 2.45) is 10.9 Å². The topological polar surface area (TPSA) is 82.7 Å². The summed E-state index contributed by atoms with van der Waals surface area (Å²) in [7, 11) is 1.63. The van der Waals surface area contributed by atoms with Crippen LogP contribution in [0.5, 0.6) is 11.5 Å². The number of Topliss-reactive ketones (excluding diaryl/α,β-unsaturated/α-hetero) is 1. The molecule has 3 atom stereocenters. The van der Waals surface area contributed by atoms with E-state index < -0.39 is 5.92 Å². The molecule has 0 aromatic heterocycles. The van der Waals surface area contributed by atoms with Gasteiger partial charge in [-0.15, -0.1) is 0 Å². The predicted molar refractivity (Wildman–Crippen MR) is 110 cm³/mol. The van der Waals surface area contributed by atoms with E-state index in [2.05, 4.69) is 11.1 Å². The van der Waals surface area contributed by atoms with Gasteiger partial charge in [0.1, 0.15) is 11.5 Å². The number of benzene rings is 2. The summed E-state index contributed by atoms with van der Waals surface area (Å²) in [4.78, 5) is 17.9. The lowest BCUT2D eigenvalue weighted by atomic mass is 9.69. The van der Waals surface area contributed by atoms with Gasteiger partial charge in [0.25, 0.3) is 0 Å². The van der Waals surface area contributed by atoms with Crippen LogP contribution in [-0.4, -0.2) is 23.7 Å². The molecule has 0 fully saturated rings. The Labute approximate surface area is 170 Å². The first-order valence-electron chi connectivity index (χ1n) is 9.65. The number of hydrogen-bond donors (Lipinski definition) is 1. The first-order chi connectivity index (χ1) is 14.0. The van der Waals surface area contributed by atoms with Crippen molar-refractivity contribution in [3.8, 4) is 17.6 Å². The van der Waals surface area contributed by atoms with Gasteiger partial charge in [-0.2, -0.15) is 5.26 Å². The summed E-state index contributed by atoms with van der Waals surface area (Å²) in [6.07, 6.45) is 1.06. The second-order valence-electron chi connectivity index (χ2n) is 7.59. The fraction of sp³-hybridized carbons (Fsp3) is 0.292. The number of carbonyl (C=O) groups excluding carboxylic acids is 1. The lowest BCUT2D eigenvalue weighted by Crippen LogP contribution is -2.32. The summed E-state index contributed by atoms with van der Waals surface area (Å²) < 4.78 is 5.23. The third-order valence-corrected chi connectivity index (χ3v) is 5.87. The average molecular weight is 386 g/mol. The van der Waals surface area contributed by atoms with E-state index in [-0.39, 0.29) is 23.4 Å². The van der Waals surface area contributed by atoms with Crippen molar-refractivity contribution < 1.29 is 14.6 Å². The molecule has 0 amide bonds. The van der Waals surface area contributed by atoms with Crippen LogP contribution < -0.4 is 4.74 Å². The first-order valence-corrected chi connectivity index (χ1v) is 9.65. The van der Waals surface area contributed by atoms with Crippen LogP contribution in [0.25, 0.3) is 0 Å². The summed E-state index contributed by atoms with van der Waals surface area (Å²) in [6, 6.07) is 16.9. The Kier molecular flexibility index (Phi) is 4.94. The number of nitrogens with zero attached hydrogens (tertiary/aromatic N) is 2. The highest BCUT2D eigenvalue weighted by atomic mass is 16.5. The van der Waals surface area contributed by atoms with Crippen molar-refractivity contribution in [3.05, 3.63) is 70.9 Å². The van der Waals surface area contributed by atoms with Crippen LogP contribution in [0.2, 0.25) is 0 Å². The molecule has 4 rings (SSSR count). The van der Waals surface area contributed by atoms with Gasteiger partial charge in [0.15, 0.2) is 5.78 Å². The molecule has 1 aliphatic carbocycles. The minimum Gasteiger partial charge on any atom is -0.508 e. The van der Waals surface area contributed by atoms with Gasteiger partial charge in [0.2, 0.25) is 0 Å². The second kappa shape index (κ2) is 7.56. The van der Waals surface area contributed by atoms with Crippen molar-refractivity contribution >= 4 is 11.5 Å². The minimum atomic E-state index is -0.486. The van der Waals surface area contributed by atoms with E-state index in [0.717, 1.165) is 28.3 Å². The highest BCUT2D eigenvalue weighted by Crippen LogP contribution is 2.46. The lowest BCUT2D eigenvalue weighted by Gasteiger charge is -2.35. The molecule has 3 unspecified atom stereocenters. The number of ether oxygens (including phenoxy) is 1. The zero-order valence-corrected chi connectivity index (χ0v) is 16.4. The van der Waals surface area contributed by atoms with E-state index in [4.69, 9.17) is 4.74 Å². The molecule has 1 heterocycles. The predicted octanol–water partition coefficient (Wildman–Crippen LogP) is 4.50. The quantitative estimate of drug-likeness (QED) is 0.842. The fourth-order valence-corrected chi connectivity index (χ4v) is 4.38. The summed E-state index contributed by atoms with van der Waals surface area (Å²) >= 11 is 0. The molecule has 2 aromatic carbocycles. The number of rotatable bonds is 3. The Hall–Kier alpha value is -3.39. The number of methoxy groups -OCH3 is 1. The van der Waals surface area contributed by atoms with Crippen molar-refractivity contribution in [2.75, 3.05) is 7.11 Å². The van der Waals surface area contributed by atoms with Crippen LogP contribution in [0.4, 0.5) is 0 Å². The van der Waals surface area contributed by atoms with Crippen LogP contribution >= 0.6 is 0 Å². The fourth-order valence-electron chi connectivity index (χ4n) is 4.38. The molecule has 0 saturated carbocycles. The number of nitriles is 1. The van der Waals surface area contributed by atoms with Crippen molar-refractivity contribution in [1.82, 2.24) is 0 Å². The highest BCUT2D eigenvalue weighted by molar-refractivity contribution is 6.03. The number of aliphatic imine (C=N–C) groups is 1. The molecule has 0 saturated heterocycles. The summed E-state index contributed by atoms with van der Waals surface area (Å²) in [5.41, 5.74) is 4.10. The molecular formula is C24H22N2O3. The van der Waals surface area contributed by atoms with Crippen LogP contribution in [0.15, 0.2) is 64.8 Å². The number of hydrogen-bond acceptors (Lipinski definition) is 5. The SMILES string of the molecule is COc1ccc(C2CC(=O)C3=C(C2)N=C(C)C(C#N)C3c2ccc(O)cc2)cc1. The Bertz CT molecular complexity index is 1040. The highest BCUT2D eigenvalue weighted by Gasteiger charge is 2.41. The minimum absolute atomic E-state index is 0.0432. The smallest absolute Gasteiger partial charge is 0.161 e. The Morgan fingerprint density at radius 1 is 1.07 bits per heavy atom. The lowest BCUT2D eigenvalue weighted by molar-refractivity contribution is -0.116. The van der Waals surface area contributed by atoms with Gasteiger partial charge in [-0.3, -0.25) is 9.79 Å². The monoisotopic (exact) mass is 386 g/mol. The molecule has 2 aromatic rings. The Balaban J connectivity index is 1.74. The van der Waals surface area contributed by atoms with Crippen LogP contribution in [0.1, 0.15) is 42.7 Å². The molecule has 0 spiro atoms. The molecular weight excluding hydrogens is 364 g/mol. The summed E-state index contributed by atoms with van der Waals surface area (Å²) in [6.45, 7) is 1.85. The number of phenolic OH excluding ortho intramolecular Hbond substituents is 1. The third kappa shape index (κ3) is 3.42. The molecule has 0 bridgehead atoms. The van der Waals surface area contributed by atoms with E-state index >= 15 is 0 Å².